The average molecular weight is 350 g/mol. The number of hydrogen-bond acceptors (Lipinski definition) is 6. The molecule has 0 aliphatic heterocycles. The molecule has 1 unspecified atom stereocenters. The lowest BCUT2D eigenvalue weighted by atomic mass is 10.1. The first kappa shape index (κ1) is 18.2. The number of rotatable bonds is 5. The minimum absolute atomic E-state index is 0.383. The van der Waals surface area contributed by atoms with Gasteiger partial charge in [-0.1, -0.05) is 18.2 Å². The summed E-state index contributed by atoms with van der Waals surface area (Å²) >= 11 is 1.30. The molecule has 0 aliphatic carbocycles. The van der Waals surface area contributed by atoms with Gasteiger partial charge in [0.05, 0.1) is 13.2 Å². The number of thiazole rings is 1. The van der Waals surface area contributed by atoms with E-state index in [-0.39, 0.29) is 0 Å². The van der Waals surface area contributed by atoms with Crippen LogP contribution < -0.4 is 10.1 Å². The summed E-state index contributed by atoms with van der Waals surface area (Å²) < 4.78 is 10.4. The number of aliphatic hydroxyl groups is 1. The molecule has 2 aromatic rings. The van der Waals surface area contributed by atoms with Crippen LogP contribution in [-0.2, 0) is 11.2 Å². The number of aromatic nitrogens is 1. The zero-order valence-electron chi connectivity index (χ0n) is 14.2. The highest BCUT2D eigenvalue weighted by Gasteiger charge is 2.18. The van der Waals surface area contributed by atoms with Gasteiger partial charge in [0.15, 0.2) is 5.13 Å². The van der Waals surface area contributed by atoms with E-state index in [4.69, 9.17) is 9.47 Å². The maximum atomic E-state index is 11.7. The fourth-order valence-corrected chi connectivity index (χ4v) is 2.93. The highest BCUT2D eigenvalue weighted by molar-refractivity contribution is 7.15. The molecule has 1 aromatic carbocycles. The SMILES string of the molecule is COc1ccccc1C(O)Cc1cnc(NC(=O)OC(C)(C)C)s1. The van der Waals surface area contributed by atoms with E-state index in [1.54, 1.807) is 40.1 Å². The maximum absolute atomic E-state index is 11.7. The maximum Gasteiger partial charge on any atom is 0.413 e. The zero-order valence-corrected chi connectivity index (χ0v) is 15.0. The number of carbonyl (C=O) groups excluding carboxylic acids is 1. The molecule has 2 N–H and O–H groups in total. The van der Waals surface area contributed by atoms with Crippen molar-refractivity contribution in [2.75, 3.05) is 12.4 Å². The van der Waals surface area contributed by atoms with Crippen LogP contribution in [0.15, 0.2) is 30.5 Å². The Labute approximate surface area is 145 Å². The number of aliphatic hydroxyl groups excluding tert-OH is 1. The lowest BCUT2D eigenvalue weighted by Crippen LogP contribution is -2.27. The van der Waals surface area contributed by atoms with Crippen LogP contribution in [0.5, 0.6) is 5.75 Å². The summed E-state index contributed by atoms with van der Waals surface area (Å²) in [6, 6.07) is 7.33. The van der Waals surface area contributed by atoms with Gasteiger partial charge >= 0.3 is 6.09 Å². The largest absolute Gasteiger partial charge is 0.496 e. The molecule has 1 atom stereocenters. The molecule has 1 aromatic heterocycles. The second-order valence-electron chi connectivity index (χ2n) is 6.22. The molecule has 0 bridgehead atoms. The van der Waals surface area contributed by atoms with Gasteiger partial charge in [0.25, 0.3) is 0 Å². The average Bonchev–Trinajstić information content (AvgIpc) is 2.92. The third-order valence-electron chi connectivity index (χ3n) is 3.05. The first-order valence-electron chi connectivity index (χ1n) is 7.54. The van der Waals surface area contributed by atoms with Crippen LogP contribution in [0.4, 0.5) is 9.93 Å². The molecular weight excluding hydrogens is 328 g/mol. The first-order chi connectivity index (χ1) is 11.3. The van der Waals surface area contributed by atoms with Crippen LogP contribution in [0.25, 0.3) is 0 Å². The van der Waals surface area contributed by atoms with Crippen molar-refractivity contribution in [1.29, 1.82) is 0 Å². The molecule has 0 fully saturated rings. The monoisotopic (exact) mass is 350 g/mol. The Balaban J connectivity index is 1.99. The number of anilines is 1. The fraction of sp³-hybridized carbons (Fsp3) is 0.412. The van der Waals surface area contributed by atoms with E-state index in [0.29, 0.717) is 17.3 Å². The predicted octanol–water partition coefficient (Wildman–Crippen LogP) is 3.77. The molecule has 24 heavy (non-hydrogen) atoms. The first-order valence-corrected chi connectivity index (χ1v) is 8.36. The third kappa shape index (κ3) is 5.21. The summed E-state index contributed by atoms with van der Waals surface area (Å²) in [4.78, 5) is 16.7. The third-order valence-corrected chi connectivity index (χ3v) is 3.99. The van der Waals surface area contributed by atoms with Crippen LogP contribution in [-0.4, -0.2) is 28.9 Å². The number of amides is 1. The fourth-order valence-electron chi connectivity index (χ4n) is 2.09. The lowest BCUT2D eigenvalue weighted by Gasteiger charge is -2.18. The number of methoxy groups -OCH3 is 1. The molecule has 0 saturated heterocycles. The smallest absolute Gasteiger partial charge is 0.413 e. The second-order valence-corrected chi connectivity index (χ2v) is 7.34. The van der Waals surface area contributed by atoms with Crippen molar-refractivity contribution in [2.45, 2.75) is 38.9 Å². The summed E-state index contributed by atoms with van der Waals surface area (Å²) in [5.74, 6) is 0.640. The summed E-state index contributed by atoms with van der Waals surface area (Å²) in [7, 11) is 1.57. The van der Waals surface area contributed by atoms with Gasteiger partial charge in [-0.15, -0.1) is 11.3 Å². The van der Waals surface area contributed by atoms with Gasteiger partial charge in [-0.25, -0.2) is 9.78 Å². The molecule has 0 spiro atoms. The molecule has 7 heteroatoms. The Morgan fingerprint density at radius 1 is 1.38 bits per heavy atom. The zero-order chi connectivity index (χ0) is 17.7. The van der Waals surface area contributed by atoms with Crippen LogP contribution >= 0.6 is 11.3 Å². The summed E-state index contributed by atoms with van der Waals surface area (Å²) in [6.45, 7) is 5.39. The summed E-state index contributed by atoms with van der Waals surface area (Å²) in [5, 5.41) is 13.4. The summed E-state index contributed by atoms with van der Waals surface area (Å²) in [5.41, 5.74) is 0.152. The molecule has 2 rings (SSSR count). The molecule has 1 amide bonds. The van der Waals surface area contributed by atoms with E-state index in [0.717, 1.165) is 10.4 Å². The minimum Gasteiger partial charge on any atom is -0.496 e. The molecule has 0 aliphatic rings. The minimum atomic E-state index is -0.712. The Morgan fingerprint density at radius 3 is 2.75 bits per heavy atom. The molecule has 130 valence electrons. The van der Waals surface area contributed by atoms with Crippen molar-refractivity contribution >= 4 is 22.6 Å². The lowest BCUT2D eigenvalue weighted by molar-refractivity contribution is 0.0636. The van der Waals surface area contributed by atoms with Gasteiger partial charge in [0, 0.05) is 23.1 Å². The Bertz CT molecular complexity index is 694. The molecule has 0 radical (unpaired) electrons. The van der Waals surface area contributed by atoms with Crippen molar-refractivity contribution < 1.29 is 19.4 Å². The molecule has 6 nitrogen and oxygen atoms in total. The van der Waals surface area contributed by atoms with E-state index in [2.05, 4.69) is 10.3 Å². The predicted molar refractivity (Wildman–Crippen MR) is 93.6 cm³/mol. The number of nitrogens with one attached hydrogen (secondary N) is 1. The van der Waals surface area contributed by atoms with Gasteiger partial charge < -0.3 is 14.6 Å². The normalized spacial score (nSPS) is 12.5. The van der Waals surface area contributed by atoms with Crippen LogP contribution in [0, 0.1) is 0 Å². The topological polar surface area (TPSA) is 80.7 Å². The highest BCUT2D eigenvalue weighted by Crippen LogP contribution is 2.29. The van der Waals surface area contributed by atoms with Gasteiger partial charge in [-0.2, -0.15) is 0 Å². The van der Waals surface area contributed by atoms with E-state index in [1.807, 2.05) is 18.2 Å². The van der Waals surface area contributed by atoms with Crippen LogP contribution in [0.1, 0.15) is 37.3 Å². The number of ether oxygens (including phenoxy) is 2. The van der Waals surface area contributed by atoms with Crippen LogP contribution in [0.2, 0.25) is 0 Å². The van der Waals surface area contributed by atoms with Gasteiger partial charge in [0.1, 0.15) is 11.4 Å². The van der Waals surface area contributed by atoms with E-state index in [1.165, 1.54) is 11.3 Å². The number of nitrogens with zero attached hydrogens (tertiary/aromatic N) is 1. The van der Waals surface area contributed by atoms with Crippen molar-refractivity contribution in [1.82, 2.24) is 4.98 Å². The number of benzene rings is 1. The quantitative estimate of drug-likeness (QED) is 0.858. The van der Waals surface area contributed by atoms with E-state index in [9.17, 15) is 9.90 Å². The number of para-hydroxylation sites is 1. The highest BCUT2D eigenvalue weighted by atomic mass is 32.1. The van der Waals surface area contributed by atoms with Gasteiger partial charge in [-0.05, 0) is 26.8 Å². The Kier molecular flexibility index (Phi) is 5.80. The molecular formula is C17H22N2O4S. The van der Waals surface area contributed by atoms with E-state index >= 15 is 0 Å². The van der Waals surface area contributed by atoms with Crippen molar-refractivity contribution in [3.8, 4) is 5.75 Å². The Hall–Kier alpha value is -2.12. The molecule has 1 heterocycles. The number of carbonyl (C=O) groups is 1. The van der Waals surface area contributed by atoms with Crippen molar-refractivity contribution in [3.05, 3.63) is 40.9 Å². The summed E-state index contributed by atoms with van der Waals surface area (Å²) in [6.07, 6.45) is 0.758. The number of hydrogen-bond donors (Lipinski definition) is 2. The van der Waals surface area contributed by atoms with Crippen molar-refractivity contribution in [2.24, 2.45) is 0 Å². The van der Waals surface area contributed by atoms with Crippen LogP contribution in [0.3, 0.4) is 0 Å². The molecule has 0 saturated carbocycles. The van der Waals surface area contributed by atoms with Gasteiger partial charge in [-0.3, -0.25) is 5.32 Å². The van der Waals surface area contributed by atoms with Crippen molar-refractivity contribution in [3.63, 3.8) is 0 Å². The second kappa shape index (κ2) is 7.63. The van der Waals surface area contributed by atoms with Gasteiger partial charge in [0.2, 0.25) is 0 Å². The standard InChI is InChI=1S/C17H22N2O4S/c1-17(2,3)23-16(21)19-15-18-10-11(24-15)9-13(20)12-7-5-6-8-14(12)22-4/h5-8,10,13,20H,9H2,1-4H3,(H,18,19,21). The van der Waals surface area contributed by atoms with E-state index < -0.39 is 17.8 Å². The Morgan fingerprint density at radius 2 is 2.08 bits per heavy atom.